The van der Waals surface area contributed by atoms with Crippen molar-refractivity contribution in [2.75, 3.05) is 26.2 Å². The minimum absolute atomic E-state index is 0.216. The van der Waals surface area contributed by atoms with Crippen LogP contribution < -0.4 is 0 Å². The number of hydrogen-bond acceptors (Lipinski definition) is 5. The first kappa shape index (κ1) is 18.5. The van der Waals surface area contributed by atoms with Crippen LogP contribution in [0.5, 0.6) is 0 Å². The van der Waals surface area contributed by atoms with E-state index in [2.05, 4.69) is 5.16 Å². The van der Waals surface area contributed by atoms with Crippen LogP contribution in [0.25, 0.3) is 11.3 Å². The van der Waals surface area contributed by atoms with Crippen molar-refractivity contribution < 1.29 is 17.7 Å². The Morgan fingerprint density at radius 3 is 2.48 bits per heavy atom. The molecule has 1 aliphatic carbocycles. The smallest absolute Gasteiger partial charge is 0.259 e. The van der Waals surface area contributed by atoms with Crippen LogP contribution in [0.3, 0.4) is 0 Å². The average molecular weight is 410 g/mol. The first-order chi connectivity index (χ1) is 12.9. The van der Waals surface area contributed by atoms with E-state index in [0.717, 1.165) is 12.8 Å². The molecule has 0 unspecified atom stereocenters. The Hall–Kier alpha value is -1.90. The summed E-state index contributed by atoms with van der Waals surface area (Å²) in [6.07, 6.45) is 1.48. The lowest BCUT2D eigenvalue weighted by Gasteiger charge is -2.34. The molecule has 1 aromatic carbocycles. The zero-order valence-corrected chi connectivity index (χ0v) is 16.5. The molecule has 2 aromatic rings. The maximum Gasteiger partial charge on any atom is 0.259 e. The molecule has 0 N–H and O–H groups in total. The third-order valence-electron chi connectivity index (χ3n) is 5.04. The highest BCUT2D eigenvalue weighted by Gasteiger charge is 2.41. The molecule has 7 nitrogen and oxygen atoms in total. The summed E-state index contributed by atoms with van der Waals surface area (Å²) in [6, 6.07) is 7.15. The molecular weight excluding hydrogens is 390 g/mol. The van der Waals surface area contributed by atoms with Crippen LogP contribution in [0.4, 0.5) is 0 Å². The number of piperazine rings is 1. The van der Waals surface area contributed by atoms with Gasteiger partial charge in [-0.05, 0) is 25.8 Å². The highest BCUT2D eigenvalue weighted by atomic mass is 35.5. The standard InChI is InChI=1S/C18H20ClN3O4S/c1-12-16(17(20-26-12)14-4-2-3-5-15(14)19)18(23)21-8-10-22(11-9-21)27(24,25)13-6-7-13/h2-5,13H,6-11H2,1H3. The fourth-order valence-corrected chi connectivity index (χ4v) is 5.39. The minimum atomic E-state index is -3.21. The summed E-state index contributed by atoms with van der Waals surface area (Å²) in [7, 11) is -3.21. The van der Waals surface area contributed by atoms with Crippen LogP contribution in [-0.4, -0.2) is 60.1 Å². The summed E-state index contributed by atoms with van der Waals surface area (Å²) >= 11 is 6.26. The van der Waals surface area contributed by atoms with Crippen LogP contribution in [0.15, 0.2) is 28.8 Å². The first-order valence-electron chi connectivity index (χ1n) is 8.89. The van der Waals surface area contributed by atoms with E-state index in [1.54, 1.807) is 30.0 Å². The molecule has 1 amide bonds. The van der Waals surface area contributed by atoms with E-state index in [9.17, 15) is 13.2 Å². The number of nitrogens with zero attached hydrogens (tertiary/aromatic N) is 3. The molecule has 2 heterocycles. The largest absolute Gasteiger partial charge is 0.360 e. The quantitative estimate of drug-likeness (QED) is 0.774. The summed E-state index contributed by atoms with van der Waals surface area (Å²) < 4.78 is 31.5. The minimum Gasteiger partial charge on any atom is -0.360 e. The van der Waals surface area contributed by atoms with E-state index in [1.165, 1.54) is 4.31 Å². The van der Waals surface area contributed by atoms with Crippen LogP contribution in [0.1, 0.15) is 29.0 Å². The van der Waals surface area contributed by atoms with Gasteiger partial charge in [0.2, 0.25) is 10.0 Å². The van der Waals surface area contributed by atoms with Gasteiger partial charge in [-0.3, -0.25) is 4.79 Å². The van der Waals surface area contributed by atoms with Gasteiger partial charge in [-0.2, -0.15) is 4.31 Å². The van der Waals surface area contributed by atoms with E-state index in [-0.39, 0.29) is 11.2 Å². The molecule has 1 saturated carbocycles. The third-order valence-corrected chi connectivity index (χ3v) is 7.77. The number of rotatable bonds is 4. The Kier molecular flexibility index (Phi) is 4.73. The zero-order valence-electron chi connectivity index (χ0n) is 14.9. The number of carbonyl (C=O) groups excluding carboxylic acids is 1. The van der Waals surface area contributed by atoms with Gasteiger partial charge in [0.15, 0.2) is 0 Å². The highest BCUT2D eigenvalue weighted by molar-refractivity contribution is 7.90. The van der Waals surface area contributed by atoms with Gasteiger partial charge >= 0.3 is 0 Å². The lowest BCUT2D eigenvalue weighted by Crippen LogP contribution is -2.51. The highest BCUT2D eigenvalue weighted by Crippen LogP contribution is 2.33. The SMILES string of the molecule is Cc1onc(-c2ccccc2Cl)c1C(=O)N1CCN(S(=O)(=O)C2CC2)CC1. The fraction of sp³-hybridized carbons (Fsp3) is 0.444. The normalized spacial score (nSPS) is 18.7. The summed E-state index contributed by atoms with van der Waals surface area (Å²) in [6.45, 7) is 3.01. The second-order valence-corrected chi connectivity index (χ2v) is 9.50. The second kappa shape index (κ2) is 6.92. The summed E-state index contributed by atoms with van der Waals surface area (Å²) in [4.78, 5) is 14.8. The van der Waals surface area contributed by atoms with Crippen molar-refractivity contribution in [1.82, 2.24) is 14.4 Å². The molecule has 27 heavy (non-hydrogen) atoms. The van der Waals surface area contributed by atoms with Crippen molar-refractivity contribution >= 4 is 27.5 Å². The lowest BCUT2D eigenvalue weighted by atomic mass is 10.0. The summed E-state index contributed by atoms with van der Waals surface area (Å²) in [5.41, 5.74) is 1.42. The van der Waals surface area contributed by atoms with Crippen LogP contribution in [-0.2, 0) is 10.0 Å². The Labute approximate surface area is 162 Å². The van der Waals surface area contributed by atoms with Crippen LogP contribution in [0.2, 0.25) is 5.02 Å². The molecule has 0 spiro atoms. The predicted molar refractivity (Wildman–Crippen MR) is 101 cm³/mol. The molecule has 9 heteroatoms. The molecule has 2 aliphatic rings. The van der Waals surface area contributed by atoms with Crippen LogP contribution in [0, 0.1) is 6.92 Å². The first-order valence-corrected chi connectivity index (χ1v) is 10.8. The molecule has 1 aromatic heterocycles. The summed E-state index contributed by atoms with van der Waals surface area (Å²) in [5, 5.41) is 4.29. The summed E-state index contributed by atoms with van der Waals surface area (Å²) in [5.74, 6) is 0.204. The number of hydrogen-bond donors (Lipinski definition) is 0. The van der Waals surface area contributed by atoms with Gasteiger partial charge in [-0.15, -0.1) is 0 Å². The number of aryl methyl sites for hydroxylation is 1. The van der Waals surface area contributed by atoms with Gasteiger partial charge in [0.05, 0.1) is 10.3 Å². The van der Waals surface area contributed by atoms with Crippen LogP contribution >= 0.6 is 11.6 Å². The van der Waals surface area contributed by atoms with Crippen molar-refractivity contribution in [3.05, 3.63) is 40.6 Å². The fourth-order valence-electron chi connectivity index (χ4n) is 3.34. The lowest BCUT2D eigenvalue weighted by molar-refractivity contribution is 0.0696. The molecule has 2 fully saturated rings. The predicted octanol–water partition coefficient (Wildman–Crippen LogP) is 2.55. The van der Waals surface area contributed by atoms with E-state index in [0.29, 0.717) is 53.8 Å². The topological polar surface area (TPSA) is 83.7 Å². The monoisotopic (exact) mass is 409 g/mol. The van der Waals surface area contributed by atoms with Gasteiger partial charge in [0.25, 0.3) is 5.91 Å². The van der Waals surface area contributed by atoms with E-state index in [1.807, 2.05) is 6.07 Å². The molecule has 0 radical (unpaired) electrons. The Bertz CT molecular complexity index is 976. The molecule has 4 rings (SSSR count). The maximum absolute atomic E-state index is 13.1. The Morgan fingerprint density at radius 2 is 1.85 bits per heavy atom. The number of aromatic nitrogens is 1. The number of sulfonamides is 1. The molecule has 0 atom stereocenters. The van der Waals surface area contributed by atoms with Gasteiger partial charge in [-0.1, -0.05) is 35.0 Å². The number of carbonyl (C=O) groups is 1. The van der Waals surface area contributed by atoms with E-state index < -0.39 is 10.0 Å². The number of halogens is 1. The van der Waals surface area contributed by atoms with Gasteiger partial charge in [0, 0.05) is 31.7 Å². The van der Waals surface area contributed by atoms with Crippen molar-refractivity contribution in [3.8, 4) is 11.3 Å². The number of benzene rings is 1. The number of amides is 1. The van der Waals surface area contributed by atoms with Gasteiger partial charge in [-0.25, -0.2) is 8.42 Å². The Morgan fingerprint density at radius 1 is 1.19 bits per heavy atom. The molecule has 1 saturated heterocycles. The zero-order chi connectivity index (χ0) is 19.2. The van der Waals surface area contributed by atoms with E-state index in [4.69, 9.17) is 16.1 Å². The molecule has 144 valence electrons. The van der Waals surface area contributed by atoms with Crippen molar-refractivity contribution in [2.24, 2.45) is 0 Å². The maximum atomic E-state index is 13.1. The van der Waals surface area contributed by atoms with Gasteiger partial charge in [0.1, 0.15) is 17.0 Å². The van der Waals surface area contributed by atoms with Crippen molar-refractivity contribution in [2.45, 2.75) is 25.0 Å². The van der Waals surface area contributed by atoms with Crippen molar-refractivity contribution in [3.63, 3.8) is 0 Å². The van der Waals surface area contributed by atoms with Gasteiger partial charge < -0.3 is 9.42 Å². The molecule has 0 bridgehead atoms. The van der Waals surface area contributed by atoms with E-state index >= 15 is 0 Å². The van der Waals surface area contributed by atoms with Crippen molar-refractivity contribution in [1.29, 1.82) is 0 Å². The molecule has 1 aliphatic heterocycles. The molecular formula is C18H20ClN3O4S. The second-order valence-electron chi connectivity index (χ2n) is 6.88. The average Bonchev–Trinajstić information content (AvgIpc) is 3.46. The Balaban J connectivity index is 1.55. The third kappa shape index (κ3) is 3.37.